The van der Waals surface area contributed by atoms with Crippen LogP contribution in [0.1, 0.15) is 34.8 Å². The fraction of sp³-hybridized carbons (Fsp3) is 0.278. The first kappa shape index (κ1) is 15.2. The molecule has 2 aromatic rings. The molecule has 0 unspecified atom stereocenters. The van der Waals surface area contributed by atoms with E-state index in [1.165, 1.54) is 0 Å². The van der Waals surface area contributed by atoms with Crippen LogP contribution in [0.25, 0.3) is 0 Å². The molecule has 0 saturated carbocycles. The topological polar surface area (TPSA) is 62.3 Å². The maximum Gasteiger partial charge on any atom is 0.251 e. The molecule has 5 nitrogen and oxygen atoms in total. The Bertz CT molecular complexity index is 673. The maximum atomic E-state index is 12.5. The Morgan fingerprint density at radius 1 is 1.13 bits per heavy atom. The van der Waals surface area contributed by atoms with Crippen molar-refractivity contribution in [3.8, 4) is 0 Å². The second-order valence-electron chi connectivity index (χ2n) is 5.57. The standard InChI is InChI=1S/C18H19N3O2/c22-17(13-20-18(23)15-5-2-1-3-6-15)21-12-4-7-16(21)14-8-10-19-11-9-14/h1-3,5-6,8-11,16H,4,7,12-13H2,(H,20,23)/t16-/m1/s1. The lowest BCUT2D eigenvalue weighted by atomic mass is 10.1. The molecule has 1 N–H and O–H groups in total. The number of benzene rings is 1. The monoisotopic (exact) mass is 309 g/mol. The average Bonchev–Trinajstić information content (AvgIpc) is 3.11. The molecular formula is C18H19N3O2. The summed E-state index contributed by atoms with van der Waals surface area (Å²) in [6, 6.07) is 12.9. The molecule has 0 aliphatic carbocycles. The van der Waals surface area contributed by atoms with Crippen LogP contribution >= 0.6 is 0 Å². The number of nitrogens with one attached hydrogen (secondary N) is 1. The van der Waals surface area contributed by atoms with Crippen molar-refractivity contribution < 1.29 is 9.59 Å². The van der Waals surface area contributed by atoms with E-state index in [1.54, 1.807) is 36.7 Å². The highest BCUT2D eigenvalue weighted by Gasteiger charge is 2.29. The van der Waals surface area contributed by atoms with Crippen LogP contribution in [0.4, 0.5) is 0 Å². The number of likely N-dealkylation sites (tertiary alicyclic amines) is 1. The van der Waals surface area contributed by atoms with Gasteiger partial charge in [0.25, 0.3) is 5.91 Å². The Morgan fingerprint density at radius 3 is 2.61 bits per heavy atom. The van der Waals surface area contributed by atoms with Crippen LogP contribution in [0.3, 0.4) is 0 Å². The highest BCUT2D eigenvalue weighted by atomic mass is 16.2. The zero-order chi connectivity index (χ0) is 16.1. The summed E-state index contributed by atoms with van der Waals surface area (Å²) in [7, 11) is 0. The minimum Gasteiger partial charge on any atom is -0.343 e. The van der Waals surface area contributed by atoms with Crippen LogP contribution in [0.15, 0.2) is 54.9 Å². The van der Waals surface area contributed by atoms with Gasteiger partial charge in [-0.25, -0.2) is 0 Å². The van der Waals surface area contributed by atoms with Gasteiger partial charge >= 0.3 is 0 Å². The molecule has 0 bridgehead atoms. The van der Waals surface area contributed by atoms with Gasteiger partial charge in [-0.1, -0.05) is 18.2 Å². The molecular weight excluding hydrogens is 290 g/mol. The normalized spacial score (nSPS) is 17.0. The van der Waals surface area contributed by atoms with Gasteiger partial charge in [-0.3, -0.25) is 14.6 Å². The Kier molecular flexibility index (Phi) is 4.66. The predicted octanol–water partition coefficient (Wildman–Crippen LogP) is 2.18. The lowest BCUT2D eigenvalue weighted by Crippen LogP contribution is -2.39. The van der Waals surface area contributed by atoms with E-state index < -0.39 is 0 Å². The predicted molar refractivity (Wildman–Crippen MR) is 86.7 cm³/mol. The summed E-state index contributed by atoms with van der Waals surface area (Å²) in [5, 5.41) is 2.71. The van der Waals surface area contributed by atoms with Gasteiger partial charge in [-0.2, -0.15) is 0 Å². The number of carbonyl (C=O) groups excluding carboxylic acids is 2. The Morgan fingerprint density at radius 2 is 1.87 bits per heavy atom. The Balaban J connectivity index is 1.60. The SMILES string of the molecule is O=C(NCC(=O)N1CCC[C@@H]1c1ccncc1)c1ccccc1. The fourth-order valence-electron chi connectivity index (χ4n) is 2.95. The minimum absolute atomic E-state index is 0.0231. The number of rotatable bonds is 4. The Labute approximate surface area is 135 Å². The zero-order valence-electron chi connectivity index (χ0n) is 12.8. The molecule has 0 radical (unpaired) electrons. The van der Waals surface area contributed by atoms with Crippen molar-refractivity contribution in [2.24, 2.45) is 0 Å². The van der Waals surface area contributed by atoms with Crippen molar-refractivity contribution in [3.63, 3.8) is 0 Å². The van der Waals surface area contributed by atoms with E-state index in [1.807, 2.05) is 23.1 Å². The molecule has 2 amide bonds. The first-order chi connectivity index (χ1) is 11.3. The molecule has 1 fully saturated rings. The molecule has 1 aliphatic heterocycles. The molecule has 5 heteroatoms. The lowest BCUT2D eigenvalue weighted by molar-refractivity contribution is -0.131. The molecule has 118 valence electrons. The third-order valence-corrected chi connectivity index (χ3v) is 4.10. The van der Waals surface area contributed by atoms with Crippen LogP contribution in [0.2, 0.25) is 0 Å². The summed E-state index contributed by atoms with van der Waals surface area (Å²) in [5.74, 6) is -0.271. The molecule has 0 spiro atoms. The first-order valence-corrected chi connectivity index (χ1v) is 7.78. The van der Waals surface area contributed by atoms with Crippen LogP contribution in [-0.4, -0.2) is 34.8 Å². The number of carbonyl (C=O) groups is 2. The molecule has 1 saturated heterocycles. The number of aromatic nitrogens is 1. The second kappa shape index (κ2) is 7.05. The Hall–Kier alpha value is -2.69. The van der Waals surface area contributed by atoms with E-state index >= 15 is 0 Å². The lowest BCUT2D eigenvalue weighted by Gasteiger charge is -2.25. The highest BCUT2D eigenvalue weighted by molar-refractivity contribution is 5.96. The molecule has 1 atom stereocenters. The number of pyridine rings is 1. The summed E-state index contributed by atoms with van der Waals surface area (Å²) in [5.41, 5.74) is 1.66. The number of nitrogens with zero attached hydrogens (tertiary/aromatic N) is 2. The van der Waals surface area contributed by atoms with Gasteiger partial charge in [0.1, 0.15) is 0 Å². The molecule has 3 rings (SSSR count). The average molecular weight is 309 g/mol. The smallest absolute Gasteiger partial charge is 0.251 e. The van der Waals surface area contributed by atoms with E-state index in [4.69, 9.17) is 0 Å². The summed E-state index contributed by atoms with van der Waals surface area (Å²) >= 11 is 0. The largest absolute Gasteiger partial charge is 0.343 e. The quantitative estimate of drug-likeness (QED) is 0.941. The van der Waals surface area contributed by atoms with Crippen LogP contribution in [0.5, 0.6) is 0 Å². The van der Waals surface area contributed by atoms with Gasteiger partial charge in [0.05, 0.1) is 12.6 Å². The summed E-state index contributed by atoms with van der Waals surface area (Å²) in [6.45, 7) is 0.752. The van der Waals surface area contributed by atoms with Gasteiger partial charge in [-0.05, 0) is 42.7 Å². The van der Waals surface area contributed by atoms with Gasteiger partial charge in [0.15, 0.2) is 0 Å². The van der Waals surface area contributed by atoms with Gasteiger partial charge < -0.3 is 10.2 Å². The molecule has 23 heavy (non-hydrogen) atoms. The summed E-state index contributed by atoms with van der Waals surface area (Å²) < 4.78 is 0. The number of amides is 2. The fourth-order valence-corrected chi connectivity index (χ4v) is 2.95. The molecule has 1 aliphatic rings. The summed E-state index contributed by atoms with van der Waals surface area (Å²) in [4.78, 5) is 30.4. The van der Waals surface area contributed by atoms with E-state index in [9.17, 15) is 9.59 Å². The van der Waals surface area contributed by atoms with E-state index in [2.05, 4.69) is 10.3 Å². The van der Waals surface area contributed by atoms with Gasteiger partial charge in [-0.15, -0.1) is 0 Å². The zero-order valence-corrected chi connectivity index (χ0v) is 12.8. The van der Waals surface area contributed by atoms with Crippen molar-refractivity contribution in [1.82, 2.24) is 15.2 Å². The first-order valence-electron chi connectivity index (χ1n) is 7.78. The van der Waals surface area contributed by atoms with Crippen molar-refractivity contribution in [2.45, 2.75) is 18.9 Å². The van der Waals surface area contributed by atoms with Crippen molar-refractivity contribution in [1.29, 1.82) is 0 Å². The van der Waals surface area contributed by atoms with Crippen LogP contribution in [-0.2, 0) is 4.79 Å². The van der Waals surface area contributed by atoms with Gasteiger partial charge in [0.2, 0.25) is 5.91 Å². The van der Waals surface area contributed by atoms with Crippen molar-refractivity contribution >= 4 is 11.8 Å². The minimum atomic E-state index is -0.224. The van der Waals surface area contributed by atoms with Crippen LogP contribution in [0, 0.1) is 0 Å². The second-order valence-corrected chi connectivity index (χ2v) is 5.57. The molecule has 1 aromatic heterocycles. The van der Waals surface area contributed by atoms with Gasteiger partial charge in [0, 0.05) is 24.5 Å². The van der Waals surface area contributed by atoms with E-state index in [-0.39, 0.29) is 24.4 Å². The van der Waals surface area contributed by atoms with Crippen molar-refractivity contribution in [3.05, 3.63) is 66.0 Å². The summed E-state index contributed by atoms with van der Waals surface area (Å²) in [6.07, 6.45) is 5.41. The highest BCUT2D eigenvalue weighted by Crippen LogP contribution is 2.31. The van der Waals surface area contributed by atoms with E-state index in [0.717, 1.165) is 24.9 Å². The molecule has 1 aromatic carbocycles. The van der Waals surface area contributed by atoms with Crippen LogP contribution < -0.4 is 5.32 Å². The third-order valence-electron chi connectivity index (χ3n) is 4.10. The van der Waals surface area contributed by atoms with Crippen molar-refractivity contribution in [2.75, 3.05) is 13.1 Å². The molecule has 2 heterocycles. The number of hydrogen-bond donors (Lipinski definition) is 1. The van der Waals surface area contributed by atoms with E-state index in [0.29, 0.717) is 5.56 Å². The number of hydrogen-bond acceptors (Lipinski definition) is 3. The maximum absolute atomic E-state index is 12.5. The third kappa shape index (κ3) is 3.56.